The van der Waals surface area contributed by atoms with E-state index in [0.29, 0.717) is 0 Å². The van der Waals surface area contributed by atoms with Gasteiger partial charge in [-0.25, -0.2) is 0 Å². The maximum absolute atomic E-state index is 14.0. The molecule has 2 aliphatic rings. The quantitative estimate of drug-likeness (QED) is 0.135. The summed E-state index contributed by atoms with van der Waals surface area (Å²) in [6.07, 6.45) is -6.94. The van der Waals surface area contributed by atoms with Crippen LogP contribution < -0.4 is 0 Å². The molecular weight excluding hydrogens is 663 g/mol. The van der Waals surface area contributed by atoms with Crippen LogP contribution in [-0.4, -0.2) is 81.0 Å². The van der Waals surface area contributed by atoms with Crippen molar-refractivity contribution in [2.45, 2.75) is 96.2 Å². The Bertz CT molecular complexity index is 1500. The summed E-state index contributed by atoms with van der Waals surface area (Å²) < 4.78 is 69.5. The number of hydrogen-bond acceptors (Lipinski definition) is 11. The van der Waals surface area contributed by atoms with Crippen LogP contribution >= 0.6 is 7.60 Å². The second-order valence-corrected chi connectivity index (χ2v) is 14.6. The van der Waals surface area contributed by atoms with Crippen LogP contribution in [0.4, 0.5) is 0 Å². The van der Waals surface area contributed by atoms with Gasteiger partial charge in [-0.15, -0.1) is 0 Å². The third-order valence-electron chi connectivity index (χ3n) is 8.39. The zero-order valence-corrected chi connectivity index (χ0v) is 30.3. The third-order valence-corrected chi connectivity index (χ3v) is 10.4. The molecule has 2 aliphatic heterocycles. The van der Waals surface area contributed by atoms with E-state index in [-0.39, 0.29) is 33.0 Å². The van der Waals surface area contributed by atoms with E-state index in [4.69, 9.17) is 42.2 Å². The van der Waals surface area contributed by atoms with Crippen molar-refractivity contribution in [1.29, 1.82) is 0 Å². The van der Waals surface area contributed by atoms with Crippen molar-refractivity contribution in [3.8, 4) is 0 Å². The Balaban J connectivity index is 1.51. The molecule has 5 rings (SSSR count). The van der Waals surface area contributed by atoms with E-state index in [2.05, 4.69) is 0 Å². The van der Waals surface area contributed by atoms with Gasteiger partial charge in [0, 0.05) is 7.11 Å². The molecule has 0 aliphatic carbocycles. The van der Waals surface area contributed by atoms with Gasteiger partial charge < -0.3 is 42.2 Å². The highest BCUT2D eigenvalue weighted by molar-refractivity contribution is 7.54. The van der Waals surface area contributed by atoms with Crippen molar-refractivity contribution >= 4 is 13.4 Å². The van der Waals surface area contributed by atoms with Gasteiger partial charge in [0.1, 0.15) is 42.8 Å². The third kappa shape index (κ3) is 10.2. The first-order chi connectivity index (χ1) is 24.1. The Kier molecular flexibility index (Phi) is 13.9. The molecule has 2 saturated heterocycles. The van der Waals surface area contributed by atoms with Gasteiger partial charge in [0.05, 0.1) is 33.0 Å². The molecule has 0 aromatic heterocycles. The van der Waals surface area contributed by atoms with Gasteiger partial charge >= 0.3 is 7.60 Å². The molecule has 11 nitrogen and oxygen atoms in total. The van der Waals surface area contributed by atoms with Crippen molar-refractivity contribution < 1.29 is 51.6 Å². The first kappa shape index (κ1) is 38.4. The molecule has 2 fully saturated rings. The van der Waals surface area contributed by atoms with Crippen LogP contribution in [0.3, 0.4) is 0 Å². The summed E-state index contributed by atoms with van der Waals surface area (Å²) in [5.74, 6) is -1.70. The number of Topliss-reactive ketones (excluding diaryl/α,β-unsaturated/α-hetero) is 1. The summed E-state index contributed by atoms with van der Waals surface area (Å²) in [6.45, 7) is 7.75. The van der Waals surface area contributed by atoms with E-state index in [0.717, 1.165) is 16.7 Å². The highest BCUT2D eigenvalue weighted by Crippen LogP contribution is 2.49. The molecule has 50 heavy (non-hydrogen) atoms. The number of rotatable bonds is 18. The fourth-order valence-electron chi connectivity index (χ4n) is 6.23. The number of ketones is 1. The number of ether oxygens (including phenoxy) is 7. The second-order valence-electron chi connectivity index (χ2n) is 12.6. The molecule has 2 heterocycles. The summed E-state index contributed by atoms with van der Waals surface area (Å²) in [4.78, 5) is 14.0. The van der Waals surface area contributed by atoms with Crippen molar-refractivity contribution in [3.63, 3.8) is 0 Å². The van der Waals surface area contributed by atoms with Crippen LogP contribution in [0.15, 0.2) is 91.0 Å². The SMILES string of the molecule is CCOP(=O)(CC(=O)[C@H]1OC(C)(C)O[C@@H]1[C@H]1O[C@H](OC)[C@H](OCc2ccccc2)[C@@H](OCc2ccccc2)[C@@H]1OCc1ccccc1)OCC. The smallest absolute Gasteiger partial charge is 0.338 e. The molecule has 272 valence electrons. The van der Waals surface area contributed by atoms with Crippen LogP contribution in [0.5, 0.6) is 0 Å². The van der Waals surface area contributed by atoms with Crippen molar-refractivity contribution in [3.05, 3.63) is 108 Å². The predicted molar refractivity (Wildman–Crippen MR) is 185 cm³/mol. The zero-order valence-electron chi connectivity index (χ0n) is 29.4. The number of benzene rings is 3. The average molecular weight is 713 g/mol. The summed E-state index contributed by atoms with van der Waals surface area (Å²) in [5, 5.41) is 0. The molecule has 0 saturated carbocycles. The van der Waals surface area contributed by atoms with Crippen molar-refractivity contribution in [2.75, 3.05) is 26.5 Å². The predicted octanol–water partition coefficient (Wildman–Crippen LogP) is 6.47. The molecule has 0 unspecified atom stereocenters. The first-order valence-corrected chi connectivity index (χ1v) is 18.8. The zero-order chi connectivity index (χ0) is 35.6. The van der Waals surface area contributed by atoms with Crippen molar-refractivity contribution in [2.24, 2.45) is 0 Å². The van der Waals surface area contributed by atoms with Crippen LogP contribution in [0.25, 0.3) is 0 Å². The lowest BCUT2D eigenvalue weighted by Gasteiger charge is -2.47. The Morgan fingerprint density at radius 1 is 0.680 bits per heavy atom. The summed E-state index contributed by atoms with van der Waals surface area (Å²) >= 11 is 0. The van der Waals surface area contributed by atoms with E-state index in [1.807, 2.05) is 91.0 Å². The van der Waals surface area contributed by atoms with Crippen LogP contribution in [0.2, 0.25) is 0 Å². The normalized spacial score (nSPS) is 26.5. The van der Waals surface area contributed by atoms with Crippen LogP contribution in [0, 0.1) is 0 Å². The van der Waals surface area contributed by atoms with Crippen LogP contribution in [0.1, 0.15) is 44.4 Å². The monoisotopic (exact) mass is 712 g/mol. The molecule has 0 spiro atoms. The lowest BCUT2D eigenvalue weighted by atomic mass is 9.91. The van der Waals surface area contributed by atoms with E-state index in [9.17, 15) is 9.36 Å². The maximum Gasteiger partial charge on any atom is 0.338 e. The Morgan fingerprint density at radius 3 is 1.60 bits per heavy atom. The summed E-state index contributed by atoms with van der Waals surface area (Å²) in [6, 6.07) is 29.3. The molecule has 3 aromatic rings. The molecule has 7 atom stereocenters. The fourth-order valence-corrected chi connectivity index (χ4v) is 7.83. The van der Waals surface area contributed by atoms with Gasteiger partial charge in [0.15, 0.2) is 17.9 Å². The topological polar surface area (TPSA) is 117 Å². The van der Waals surface area contributed by atoms with Gasteiger partial charge in [-0.05, 0) is 44.4 Å². The number of hydrogen-bond donors (Lipinski definition) is 0. The average Bonchev–Trinajstić information content (AvgIpc) is 3.45. The Labute approximate surface area is 294 Å². The highest BCUT2D eigenvalue weighted by atomic mass is 31.2. The minimum Gasteiger partial charge on any atom is -0.368 e. The molecule has 3 aromatic carbocycles. The minimum absolute atomic E-state index is 0.114. The number of carbonyl (C=O) groups is 1. The molecule has 0 amide bonds. The van der Waals surface area contributed by atoms with E-state index >= 15 is 0 Å². The fraction of sp³-hybridized carbons (Fsp3) is 0.500. The van der Waals surface area contributed by atoms with Gasteiger partial charge in [-0.2, -0.15) is 0 Å². The van der Waals surface area contributed by atoms with Crippen molar-refractivity contribution in [1.82, 2.24) is 0 Å². The summed E-state index contributed by atoms with van der Waals surface area (Å²) in [5.41, 5.74) is 2.83. The van der Waals surface area contributed by atoms with E-state index in [1.165, 1.54) is 7.11 Å². The lowest BCUT2D eigenvalue weighted by molar-refractivity contribution is -0.332. The standard InChI is InChI=1S/C38H49O11P/c1-6-45-50(40,46-7-2)26-30(39)31-35(49-38(3,4)48-31)34-32(42-23-27-17-11-8-12-18-27)33(43-24-28-19-13-9-14-20-28)36(37(41-5)47-34)44-25-29-21-15-10-16-22-29/h8-22,31-37H,6-7,23-26H2,1-5H3/t31-,32+,33+,34+,35+,36-,37+/m1/s1. The number of methoxy groups -OCH3 is 1. The first-order valence-electron chi connectivity index (χ1n) is 17.1. The molecule has 0 N–H and O–H groups in total. The molecule has 12 heteroatoms. The van der Waals surface area contributed by atoms with Gasteiger partial charge in [0.25, 0.3) is 0 Å². The largest absolute Gasteiger partial charge is 0.368 e. The van der Waals surface area contributed by atoms with E-state index in [1.54, 1.807) is 27.7 Å². The van der Waals surface area contributed by atoms with Crippen LogP contribution in [-0.2, 0) is 71.4 Å². The molecule has 0 bridgehead atoms. The molecular formula is C38H49O11P. The number of carbonyl (C=O) groups excluding carboxylic acids is 1. The lowest BCUT2D eigenvalue weighted by Crippen LogP contribution is -2.65. The van der Waals surface area contributed by atoms with E-state index < -0.39 is 68.2 Å². The molecule has 0 radical (unpaired) electrons. The maximum atomic E-state index is 14.0. The van der Waals surface area contributed by atoms with Gasteiger partial charge in [-0.1, -0.05) is 91.0 Å². The second kappa shape index (κ2) is 18.1. The Hall–Kier alpha value is -2.80. The Morgan fingerprint density at radius 2 is 1.14 bits per heavy atom. The minimum atomic E-state index is -3.75. The highest BCUT2D eigenvalue weighted by Gasteiger charge is 2.58. The summed E-state index contributed by atoms with van der Waals surface area (Å²) in [7, 11) is -2.23. The van der Waals surface area contributed by atoms with Gasteiger partial charge in [-0.3, -0.25) is 9.36 Å². The van der Waals surface area contributed by atoms with Gasteiger partial charge in [0.2, 0.25) is 0 Å².